The Morgan fingerprint density at radius 1 is 0.900 bits per heavy atom. The van der Waals surface area contributed by atoms with E-state index in [1.54, 1.807) is 0 Å². The maximum absolute atomic E-state index is 9.55. The molecule has 0 aromatic heterocycles. The van der Waals surface area contributed by atoms with E-state index in [0.717, 1.165) is 6.42 Å². The maximum atomic E-state index is 9.55. The molecule has 1 atom stereocenters. The van der Waals surface area contributed by atoms with Crippen molar-refractivity contribution in [1.29, 1.82) is 0 Å². The van der Waals surface area contributed by atoms with Gasteiger partial charge in [0.25, 0.3) is 0 Å². The first-order valence-corrected chi connectivity index (χ1v) is 10.7. The fourth-order valence-electron chi connectivity index (χ4n) is 3.66. The summed E-state index contributed by atoms with van der Waals surface area (Å²) in [4.78, 5) is 27.1. The van der Waals surface area contributed by atoms with E-state index in [1.807, 2.05) is 11.8 Å². The average molecular weight is 427 g/mol. The van der Waals surface area contributed by atoms with E-state index in [4.69, 9.17) is 10.2 Å². The number of rotatable bonds is 3. The lowest BCUT2D eigenvalue weighted by Crippen LogP contribution is -2.46. The molecule has 2 heterocycles. The molecular formula is C23H26N2O4S. The van der Waals surface area contributed by atoms with Gasteiger partial charge in [0, 0.05) is 54.2 Å². The molecule has 0 amide bonds. The monoisotopic (exact) mass is 426 g/mol. The molecule has 1 saturated heterocycles. The highest BCUT2D eigenvalue weighted by Crippen LogP contribution is 2.42. The van der Waals surface area contributed by atoms with Gasteiger partial charge in [-0.15, -0.1) is 0 Å². The molecule has 2 N–H and O–H groups in total. The molecular weight excluding hydrogens is 400 g/mol. The highest BCUT2D eigenvalue weighted by molar-refractivity contribution is 7.99. The summed E-state index contributed by atoms with van der Waals surface area (Å²) in [5, 5.41) is 15.6. The summed E-state index contributed by atoms with van der Waals surface area (Å²) in [6, 6.07) is 18.4. The van der Waals surface area contributed by atoms with Crippen LogP contribution in [0.15, 0.2) is 70.5 Å². The van der Waals surface area contributed by atoms with Crippen LogP contribution in [0.3, 0.4) is 0 Å². The lowest BCUT2D eigenvalue weighted by atomic mass is 9.97. The first-order valence-electron chi connectivity index (χ1n) is 9.85. The van der Waals surface area contributed by atoms with E-state index >= 15 is 0 Å². The summed E-state index contributed by atoms with van der Waals surface area (Å²) in [5.74, 6) is -2.51. The largest absolute Gasteiger partial charge is 0.478 e. The summed E-state index contributed by atoms with van der Waals surface area (Å²) < 4.78 is 0. The van der Waals surface area contributed by atoms with Crippen LogP contribution in [-0.4, -0.2) is 65.2 Å². The zero-order valence-corrected chi connectivity index (χ0v) is 17.7. The Morgan fingerprint density at radius 2 is 1.47 bits per heavy atom. The number of hydrogen-bond donors (Lipinski definition) is 2. The van der Waals surface area contributed by atoms with Gasteiger partial charge in [0.15, 0.2) is 0 Å². The molecule has 2 aliphatic heterocycles. The van der Waals surface area contributed by atoms with Gasteiger partial charge in [-0.25, -0.2) is 9.59 Å². The molecule has 1 fully saturated rings. The molecule has 0 bridgehead atoms. The van der Waals surface area contributed by atoms with Crippen molar-refractivity contribution in [3.8, 4) is 0 Å². The standard InChI is InChI=1S/C19H22N2S.C4H4O4/c1-20-10-12-21(13-11-20)17-14-15-6-2-4-8-18(15)22-19-9-5-3-7-16(17)19;5-3(6)1-2-4(7)8/h2-9,17H,10-14H2,1H3;1-2H,(H,5,6)(H,7,8)/b;2-1-. The second kappa shape index (κ2) is 10.4. The topological polar surface area (TPSA) is 81.1 Å². The number of fused-ring (bicyclic) bond motifs is 2. The van der Waals surface area contributed by atoms with E-state index in [-0.39, 0.29) is 0 Å². The number of nitrogens with zero attached hydrogens (tertiary/aromatic N) is 2. The molecule has 0 radical (unpaired) electrons. The van der Waals surface area contributed by atoms with Gasteiger partial charge < -0.3 is 15.1 Å². The number of carboxylic acid groups (broad SMARTS) is 2. The van der Waals surface area contributed by atoms with Gasteiger partial charge in [-0.3, -0.25) is 4.90 Å². The summed E-state index contributed by atoms with van der Waals surface area (Å²) in [6.45, 7) is 4.69. The van der Waals surface area contributed by atoms with Crippen LogP contribution in [0.2, 0.25) is 0 Å². The Bertz CT molecular complexity index is 907. The van der Waals surface area contributed by atoms with Gasteiger partial charge in [0.2, 0.25) is 0 Å². The van der Waals surface area contributed by atoms with Crippen molar-refractivity contribution >= 4 is 23.7 Å². The number of piperazine rings is 1. The van der Waals surface area contributed by atoms with E-state index in [2.05, 4.69) is 65.4 Å². The molecule has 158 valence electrons. The van der Waals surface area contributed by atoms with Crippen LogP contribution in [0.25, 0.3) is 0 Å². The van der Waals surface area contributed by atoms with E-state index in [1.165, 1.54) is 47.1 Å². The van der Waals surface area contributed by atoms with Crippen molar-refractivity contribution in [3.05, 3.63) is 71.8 Å². The predicted molar refractivity (Wildman–Crippen MR) is 117 cm³/mol. The van der Waals surface area contributed by atoms with Gasteiger partial charge in [-0.05, 0) is 36.7 Å². The second-order valence-corrected chi connectivity index (χ2v) is 8.40. The normalized spacial score (nSPS) is 19.2. The molecule has 6 nitrogen and oxygen atoms in total. The third-order valence-corrected chi connectivity index (χ3v) is 6.44. The Balaban J connectivity index is 0.000000275. The molecule has 2 aromatic carbocycles. The Kier molecular flexibility index (Phi) is 7.68. The van der Waals surface area contributed by atoms with Crippen LogP contribution in [-0.2, 0) is 16.0 Å². The van der Waals surface area contributed by atoms with Crippen molar-refractivity contribution in [3.63, 3.8) is 0 Å². The van der Waals surface area contributed by atoms with Gasteiger partial charge >= 0.3 is 11.9 Å². The lowest BCUT2D eigenvalue weighted by molar-refractivity contribution is -0.134. The van der Waals surface area contributed by atoms with Crippen LogP contribution < -0.4 is 0 Å². The average Bonchev–Trinajstić information content (AvgIpc) is 2.90. The minimum atomic E-state index is -1.26. The fraction of sp³-hybridized carbons (Fsp3) is 0.304. The van der Waals surface area contributed by atoms with E-state index in [9.17, 15) is 9.59 Å². The first kappa shape index (κ1) is 22.1. The number of benzene rings is 2. The number of likely N-dealkylation sites (N-methyl/N-ethyl adjacent to an activating group) is 1. The van der Waals surface area contributed by atoms with Crippen LogP contribution in [0.1, 0.15) is 17.2 Å². The highest BCUT2D eigenvalue weighted by atomic mass is 32.2. The number of hydrogen-bond acceptors (Lipinski definition) is 5. The number of carboxylic acids is 2. The molecule has 2 aromatic rings. The minimum Gasteiger partial charge on any atom is -0.478 e. The maximum Gasteiger partial charge on any atom is 0.328 e. The third kappa shape index (κ3) is 5.95. The Labute approximate surface area is 180 Å². The first-order chi connectivity index (χ1) is 14.4. The van der Waals surface area contributed by atoms with Gasteiger partial charge in [-0.2, -0.15) is 0 Å². The summed E-state index contributed by atoms with van der Waals surface area (Å²) >= 11 is 1.93. The zero-order chi connectivity index (χ0) is 21.5. The van der Waals surface area contributed by atoms with Crippen molar-refractivity contribution < 1.29 is 19.8 Å². The molecule has 7 heteroatoms. The second-order valence-electron chi connectivity index (χ2n) is 7.32. The zero-order valence-electron chi connectivity index (χ0n) is 16.9. The molecule has 1 unspecified atom stereocenters. The smallest absolute Gasteiger partial charge is 0.328 e. The molecule has 0 spiro atoms. The summed E-state index contributed by atoms with van der Waals surface area (Å²) in [5.41, 5.74) is 3.00. The van der Waals surface area contributed by atoms with Crippen LogP contribution in [0.4, 0.5) is 0 Å². The van der Waals surface area contributed by atoms with Gasteiger partial charge in [-0.1, -0.05) is 48.2 Å². The highest BCUT2D eigenvalue weighted by Gasteiger charge is 2.28. The van der Waals surface area contributed by atoms with E-state index in [0.29, 0.717) is 18.2 Å². The number of carbonyl (C=O) groups is 2. The fourth-order valence-corrected chi connectivity index (χ4v) is 4.79. The minimum absolute atomic E-state index is 0.515. The van der Waals surface area contributed by atoms with Crippen LogP contribution in [0, 0.1) is 0 Å². The van der Waals surface area contributed by atoms with Gasteiger partial charge in [0.05, 0.1) is 0 Å². The van der Waals surface area contributed by atoms with E-state index < -0.39 is 11.9 Å². The van der Waals surface area contributed by atoms with Crippen LogP contribution >= 0.6 is 11.8 Å². The Morgan fingerprint density at radius 3 is 2.10 bits per heavy atom. The predicted octanol–water partition coefficient (Wildman–Crippen LogP) is 3.39. The van der Waals surface area contributed by atoms with Crippen molar-refractivity contribution in [2.24, 2.45) is 0 Å². The molecule has 4 rings (SSSR count). The molecule has 0 saturated carbocycles. The summed E-state index contributed by atoms with van der Waals surface area (Å²) in [6.07, 6.45) is 2.24. The van der Waals surface area contributed by atoms with Crippen molar-refractivity contribution in [2.75, 3.05) is 33.2 Å². The van der Waals surface area contributed by atoms with Crippen LogP contribution in [0.5, 0.6) is 0 Å². The van der Waals surface area contributed by atoms with Crippen molar-refractivity contribution in [2.45, 2.75) is 22.3 Å². The molecule has 0 aliphatic carbocycles. The SMILES string of the molecule is CN1CCN(C2Cc3ccccc3Sc3ccccc32)CC1.O=C(O)/C=C\C(=O)O. The van der Waals surface area contributed by atoms with Gasteiger partial charge in [0.1, 0.15) is 0 Å². The molecule has 30 heavy (non-hydrogen) atoms. The quantitative estimate of drug-likeness (QED) is 0.728. The number of aliphatic carboxylic acids is 2. The lowest BCUT2D eigenvalue weighted by Gasteiger charge is -2.38. The van der Waals surface area contributed by atoms with Crippen molar-refractivity contribution in [1.82, 2.24) is 9.80 Å². The Hall–Kier alpha value is -2.61. The molecule has 2 aliphatic rings. The summed E-state index contributed by atoms with van der Waals surface area (Å²) in [7, 11) is 2.23. The third-order valence-electron chi connectivity index (χ3n) is 5.23.